The third-order valence-electron chi connectivity index (χ3n) is 5.19. The van der Waals surface area contributed by atoms with Gasteiger partial charge in [0.25, 0.3) is 15.9 Å². The lowest BCUT2D eigenvalue weighted by Crippen LogP contribution is -2.15. The topological polar surface area (TPSA) is 99.1 Å². The van der Waals surface area contributed by atoms with Crippen LogP contribution in [0.4, 0.5) is 10.7 Å². The molecule has 3 aromatic rings. The van der Waals surface area contributed by atoms with Gasteiger partial charge in [0.1, 0.15) is 11.1 Å². The van der Waals surface area contributed by atoms with Gasteiger partial charge in [-0.15, -0.1) is 11.3 Å². The second-order valence-corrected chi connectivity index (χ2v) is 10.1. The van der Waals surface area contributed by atoms with Crippen LogP contribution in [0.1, 0.15) is 45.6 Å². The zero-order valence-electron chi connectivity index (χ0n) is 16.7. The Bertz CT molecular complexity index is 1260. The number of nitrogens with zero attached hydrogens (tertiary/aromatic N) is 1. The van der Waals surface area contributed by atoms with E-state index in [4.69, 9.17) is 0 Å². The Labute approximate surface area is 185 Å². The molecule has 1 aliphatic carbocycles. The van der Waals surface area contributed by atoms with Gasteiger partial charge in [0.2, 0.25) is 0 Å². The third kappa shape index (κ3) is 4.63. The predicted molar refractivity (Wildman–Crippen MR) is 122 cm³/mol. The standard InChI is InChI=1S/C23H21N3O3S2/c24-15-20-19-12-5-2-6-13-21(19)30-23(20)25-22(27)16-8-7-9-17(14-16)26-31(28,29)18-10-3-1-4-11-18/h1,3-4,7-11,14,26H,2,5-6,12-13H2,(H,25,27). The van der Waals surface area contributed by atoms with Gasteiger partial charge in [0.15, 0.2) is 0 Å². The highest BCUT2D eigenvalue weighted by Crippen LogP contribution is 2.37. The number of nitriles is 1. The SMILES string of the molecule is N#Cc1c(NC(=O)c2cccc(NS(=O)(=O)c3ccccc3)c2)sc2c1CCCCC2. The number of fused-ring (bicyclic) bond motifs is 1. The normalized spacial score (nSPS) is 13.5. The number of benzene rings is 2. The molecule has 0 fully saturated rings. The molecule has 2 aromatic carbocycles. The van der Waals surface area contributed by atoms with Crippen molar-refractivity contribution in [3.05, 3.63) is 76.2 Å². The molecule has 8 heteroatoms. The quantitative estimate of drug-likeness (QED) is 0.537. The smallest absolute Gasteiger partial charge is 0.261 e. The molecule has 0 unspecified atom stereocenters. The van der Waals surface area contributed by atoms with Crippen LogP contribution in [0.3, 0.4) is 0 Å². The molecule has 0 atom stereocenters. The molecule has 0 saturated heterocycles. The van der Waals surface area contributed by atoms with Crippen LogP contribution in [0.15, 0.2) is 59.5 Å². The van der Waals surface area contributed by atoms with Gasteiger partial charge in [-0.1, -0.05) is 30.7 Å². The molecular formula is C23H21N3O3S2. The van der Waals surface area contributed by atoms with Crippen molar-refractivity contribution in [2.24, 2.45) is 0 Å². The molecule has 0 aliphatic heterocycles. The van der Waals surface area contributed by atoms with E-state index in [1.54, 1.807) is 36.4 Å². The number of amides is 1. The number of anilines is 2. The lowest BCUT2D eigenvalue weighted by atomic mass is 10.1. The Kier molecular flexibility index (Phi) is 6.07. The fourth-order valence-corrected chi connectivity index (χ4v) is 5.97. The van der Waals surface area contributed by atoms with Gasteiger partial charge in [-0.3, -0.25) is 9.52 Å². The van der Waals surface area contributed by atoms with Crippen LogP contribution in [0.25, 0.3) is 0 Å². The van der Waals surface area contributed by atoms with Gasteiger partial charge < -0.3 is 5.32 Å². The minimum absolute atomic E-state index is 0.142. The first-order valence-electron chi connectivity index (χ1n) is 10.0. The summed E-state index contributed by atoms with van der Waals surface area (Å²) in [6.45, 7) is 0. The van der Waals surface area contributed by atoms with E-state index in [1.165, 1.54) is 34.4 Å². The summed E-state index contributed by atoms with van der Waals surface area (Å²) in [5.74, 6) is -0.381. The van der Waals surface area contributed by atoms with Crippen molar-refractivity contribution in [1.82, 2.24) is 0 Å². The molecule has 1 heterocycles. The van der Waals surface area contributed by atoms with E-state index < -0.39 is 10.0 Å². The summed E-state index contributed by atoms with van der Waals surface area (Å²) >= 11 is 1.47. The molecule has 0 radical (unpaired) electrons. The number of rotatable bonds is 5. The van der Waals surface area contributed by atoms with E-state index >= 15 is 0 Å². The zero-order valence-corrected chi connectivity index (χ0v) is 18.4. The first-order valence-corrected chi connectivity index (χ1v) is 12.3. The van der Waals surface area contributed by atoms with Crippen molar-refractivity contribution >= 4 is 38.0 Å². The van der Waals surface area contributed by atoms with Gasteiger partial charge in [-0.25, -0.2) is 8.42 Å². The summed E-state index contributed by atoms with van der Waals surface area (Å²) in [4.78, 5) is 14.2. The third-order valence-corrected chi connectivity index (χ3v) is 7.80. The number of sulfonamides is 1. The summed E-state index contributed by atoms with van der Waals surface area (Å²) < 4.78 is 27.6. The summed E-state index contributed by atoms with van der Waals surface area (Å²) in [6.07, 6.45) is 5.09. The first-order chi connectivity index (χ1) is 15.0. The monoisotopic (exact) mass is 451 g/mol. The van der Waals surface area contributed by atoms with E-state index in [1.807, 2.05) is 0 Å². The van der Waals surface area contributed by atoms with E-state index in [0.29, 0.717) is 21.8 Å². The highest BCUT2D eigenvalue weighted by molar-refractivity contribution is 7.92. The van der Waals surface area contributed by atoms with E-state index in [2.05, 4.69) is 16.1 Å². The summed E-state index contributed by atoms with van der Waals surface area (Å²) in [5.41, 5.74) is 2.21. The van der Waals surface area contributed by atoms with Crippen LogP contribution >= 0.6 is 11.3 Å². The van der Waals surface area contributed by atoms with E-state index in [9.17, 15) is 18.5 Å². The zero-order chi connectivity index (χ0) is 21.8. The minimum Gasteiger partial charge on any atom is -0.312 e. The van der Waals surface area contributed by atoms with Crippen LogP contribution in [0.2, 0.25) is 0 Å². The maximum atomic E-state index is 12.9. The number of carbonyl (C=O) groups excluding carboxylic acids is 1. The maximum Gasteiger partial charge on any atom is 0.261 e. The molecule has 158 valence electrons. The Morgan fingerprint density at radius 2 is 1.77 bits per heavy atom. The molecule has 1 aromatic heterocycles. The average Bonchev–Trinajstić information content (AvgIpc) is 2.93. The van der Waals surface area contributed by atoms with Gasteiger partial charge >= 0.3 is 0 Å². The van der Waals surface area contributed by atoms with Crippen LogP contribution in [0, 0.1) is 11.3 Å². The Balaban J connectivity index is 1.55. The molecule has 2 N–H and O–H groups in total. The lowest BCUT2D eigenvalue weighted by Gasteiger charge is -2.10. The van der Waals surface area contributed by atoms with Crippen molar-refractivity contribution in [3.8, 4) is 6.07 Å². The first kappa shape index (κ1) is 21.1. The van der Waals surface area contributed by atoms with Crippen molar-refractivity contribution < 1.29 is 13.2 Å². The van der Waals surface area contributed by atoms with Crippen molar-refractivity contribution in [3.63, 3.8) is 0 Å². The van der Waals surface area contributed by atoms with Gasteiger partial charge in [0, 0.05) is 16.1 Å². The maximum absolute atomic E-state index is 12.9. The largest absolute Gasteiger partial charge is 0.312 e. The van der Waals surface area contributed by atoms with Gasteiger partial charge in [-0.2, -0.15) is 5.26 Å². The predicted octanol–water partition coefficient (Wildman–Crippen LogP) is 4.94. The van der Waals surface area contributed by atoms with Crippen LogP contribution in [0.5, 0.6) is 0 Å². The summed E-state index contributed by atoms with van der Waals surface area (Å²) in [6, 6.07) is 16.6. The molecule has 0 spiro atoms. The molecule has 0 saturated carbocycles. The number of thiophene rings is 1. The van der Waals surface area contributed by atoms with Crippen LogP contribution in [-0.2, 0) is 22.9 Å². The second-order valence-electron chi connectivity index (χ2n) is 7.33. The number of carbonyl (C=O) groups is 1. The van der Waals surface area contributed by atoms with Gasteiger partial charge in [-0.05, 0) is 61.6 Å². The van der Waals surface area contributed by atoms with Crippen molar-refractivity contribution in [2.45, 2.75) is 37.0 Å². The number of hydrogen-bond acceptors (Lipinski definition) is 5. The minimum atomic E-state index is -3.75. The molecule has 0 bridgehead atoms. The van der Waals surface area contributed by atoms with E-state index in [0.717, 1.165) is 37.7 Å². The number of hydrogen-bond donors (Lipinski definition) is 2. The average molecular weight is 452 g/mol. The molecule has 4 rings (SSSR count). The number of aryl methyl sites for hydroxylation is 1. The van der Waals surface area contributed by atoms with Crippen molar-refractivity contribution in [1.29, 1.82) is 5.26 Å². The highest BCUT2D eigenvalue weighted by atomic mass is 32.2. The molecule has 6 nitrogen and oxygen atoms in total. The molecule has 1 amide bonds. The second kappa shape index (κ2) is 8.92. The van der Waals surface area contributed by atoms with Gasteiger partial charge in [0.05, 0.1) is 10.5 Å². The Morgan fingerprint density at radius 3 is 2.55 bits per heavy atom. The van der Waals surface area contributed by atoms with Crippen LogP contribution in [-0.4, -0.2) is 14.3 Å². The molecular weight excluding hydrogens is 430 g/mol. The summed E-state index contributed by atoms with van der Waals surface area (Å²) in [5, 5.41) is 13.1. The molecule has 31 heavy (non-hydrogen) atoms. The highest BCUT2D eigenvalue weighted by Gasteiger charge is 2.22. The molecule has 1 aliphatic rings. The Hall–Kier alpha value is -3.15. The lowest BCUT2D eigenvalue weighted by molar-refractivity contribution is 0.102. The number of nitrogens with one attached hydrogen (secondary N) is 2. The van der Waals surface area contributed by atoms with Crippen molar-refractivity contribution in [2.75, 3.05) is 10.0 Å². The van der Waals surface area contributed by atoms with Crippen LogP contribution < -0.4 is 10.0 Å². The van der Waals surface area contributed by atoms with E-state index in [-0.39, 0.29) is 10.8 Å². The fourth-order valence-electron chi connectivity index (χ4n) is 3.66. The fraction of sp³-hybridized carbons (Fsp3) is 0.217. The summed E-state index contributed by atoms with van der Waals surface area (Å²) in [7, 11) is -3.75. The Morgan fingerprint density at radius 1 is 1.00 bits per heavy atom.